The molecule has 0 bridgehead atoms. The molecule has 2 heterocycles. The van der Waals surface area contributed by atoms with Crippen molar-refractivity contribution in [3.05, 3.63) is 51.5 Å². The maximum absolute atomic E-state index is 5.45. The number of nitrogens with one attached hydrogen (secondary N) is 2. The topological polar surface area (TPSA) is 61.8 Å². The van der Waals surface area contributed by atoms with E-state index in [0.29, 0.717) is 6.54 Å². The van der Waals surface area contributed by atoms with Gasteiger partial charge in [-0.3, -0.25) is 9.89 Å². The molecule has 1 saturated heterocycles. The fourth-order valence-electron chi connectivity index (χ4n) is 3.04. The van der Waals surface area contributed by atoms with Gasteiger partial charge in [0.25, 0.3) is 0 Å². The number of guanidine groups is 1. The lowest BCUT2D eigenvalue weighted by Crippen LogP contribution is -2.37. The van der Waals surface area contributed by atoms with Crippen LogP contribution in [0.25, 0.3) is 0 Å². The molecule has 1 fully saturated rings. The van der Waals surface area contributed by atoms with Crippen molar-refractivity contribution in [2.45, 2.75) is 33.0 Å². The van der Waals surface area contributed by atoms with E-state index in [1.807, 2.05) is 6.20 Å². The Kier molecular flexibility index (Phi) is 7.62. The second-order valence-electron chi connectivity index (χ2n) is 6.51. The number of hydrogen-bond donors (Lipinski definition) is 2. The van der Waals surface area contributed by atoms with Crippen LogP contribution in [0.1, 0.15) is 27.9 Å². The molecule has 0 spiro atoms. The molecule has 2 N–H and O–H groups in total. The fraction of sp³-hybridized carbons (Fsp3) is 0.500. The molecule has 146 valence electrons. The Balaban J connectivity index is 1.53. The Labute approximate surface area is 165 Å². The zero-order chi connectivity index (χ0) is 18.9. The van der Waals surface area contributed by atoms with Crippen LogP contribution in [0.3, 0.4) is 0 Å². The fourth-order valence-corrected chi connectivity index (χ4v) is 3.84. The maximum Gasteiger partial charge on any atom is 0.191 e. The van der Waals surface area contributed by atoms with Crippen molar-refractivity contribution in [1.82, 2.24) is 20.5 Å². The first-order valence-corrected chi connectivity index (χ1v) is 10.3. The number of hydrogen-bond acceptors (Lipinski definition) is 5. The van der Waals surface area contributed by atoms with Crippen LogP contribution in [0.4, 0.5) is 0 Å². The number of rotatable bonds is 7. The van der Waals surface area contributed by atoms with E-state index in [9.17, 15) is 0 Å². The Morgan fingerprint density at radius 2 is 1.93 bits per heavy atom. The molecule has 0 amide bonds. The highest BCUT2D eigenvalue weighted by Crippen LogP contribution is 2.14. The van der Waals surface area contributed by atoms with Gasteiger partial charge in [0.1, 0.15) is 5.01 Å². The van der Waals surface area contributed by atoms with Crippen LogP contribution in [0.2, 0.25) is 0 Å². The van der Waals surface area contributed by atoms with Gasteiger partial charge in [0, 0.05) is 44.3 Å². The lowest BCUT2D eigenvalue weighted by molar-refractivity contribution is 0.0341. The predicted molar refractivity (Wildman–Crippen MR) is 111 cm³/mol. The number of ether oxygens (including phenoxy) is 1. The van der Waals surface area contributed by atoms with Crippen LogP contribution in [0.15, 0.2) is 35.5 Å². The van der Waals surface area contributed by atoms with Crippen LogP contribution >= 0.6 is 11.3 Å². The third-order valence-corrected chi connectivity index (χ3v) is 5.78. The van der Waals surface area contributed by atoms with Crippen molar-refractivity contribution < 1.29 is 4.74 Å². The van der Waals surface area contributed by atoms with Crippen molar-refractivity contribution in [1.29, 1.82) is 0 Å². The Bertz CT molecular complexity index is 739. The van der Waals surface area contributed by atoms with Gasteiger partial charge >= 0.3 is 0 Å². The summed E-state index contributed by atoms with van der Waals surface area (Å²) in [6, 6.07) is 8.60. The van der Waals surface area contributed by atoms with Gasteiger partial charge in [0.15, 0.2) is 5.96 Å². The van der Waals surface area contributed by atoms with Crippen LogP contribution in [0.5, 0.6) is 0 Å². The minimum atomic E-state index is 0.694. The van der Waals surface area contributed by atoms with Crippen LogP contribution in [-0.2, 0) is 30.8 Å². The van der Waals surface area contributed by atoms with Gasteiger partial charge in [-0.05, 0) is 17.5 Å². The van der Waals surface area contributed by atoms with E-state index < -0.39 is 0 Å². The first kappa shape index (κ1) is 19.8. The molecule has 1 aromatic carbocycles. The molecule has 27 heavy (non-hydrogen) atoms. The smallest absolute Gasteiger partial charge is 0.191 e. The van der Waals surface area contributed by atoms with Gasteiger partial charge in [-0.1, -0.05) is 31.2 Å². The number of benzene rings is 1. The SMILES string of the molecule is CCc1cnc(CNC(=NC)NCc2ccccc2CN2CCOCC2)s1. The molecule has 2 aromatic rings. The minimum absolute atomic E-state index is 0.694. The number of morpholine rings is 1. The lowest BCUT2D eigenvalue weighted by atomic mass is 10.1. The third-order valence-electron chi connectivity index (χ3n) is 4.64. The van der Waals surface area contributed by atoms with Crippen LogP contribution in [0, 0.1) is 0 Å². The van der Waals surface area contributed by atoms with E-state index in [-0.39, 0.29) is 0 Å². The quantitative estimate of drug-likeness (QED) is 0.564. The molecule has 1 aliphatic rings. The second kappa shape index (κ2) is 10.4. The summed E-state index contributed by atoms with van der Waals surface area (Å²) in [5, 5.41) is 7.87. The first-order valence-electron chi connectivity index (χ1n) is 9.53. The normalized spacial score (nSPS) is 15.7. The lowest BCUT2D eigenvalue weighted by Gasteiger charge is -2.27. The molecule has 3 rings (SSSR count). The molecular formula is C20H29N5OS. The number of aromatic nitrogens is 1. The molecule has 0 saturated carbocycles. The molecule has 7 heteroatoms. The number of aryl methyl sites for hydroxylation is 1. The highest BCUT2D eigenvalue weighted by Gasteiger charge is 2.13. The summed E-state index contributed by atoms with van der Waals surface area (Å²) in [7, 11) is 1.80. The molecule has 0 aliphatic carbocycles. The number of aliphatic imine (C=N–C) groups is 1. The molecule has 0 atom stereocenters. The van der Waals surface area contributed by atoms with Crippen molar-refractivity contribution in [3.8, 4) is 0 Å². The third kappa shape index (κ3) is 6.02. The summed E-state index contributed by atoms with van der Waals surface area (Å²) >= 11 is 1.75. The van der Waals surface area contributed by atoms with E-state index in [0.717, 1.165) is 56.8 Å². The minimum Gasteiger partial charge on any atom is -0.379 e. The summed E-state index contributed by atoms with van der Waals surface area (Å²) in [4.78, 5) is 12.5. The first-order chi connectivity index (χ1) is 13.3. The zero-order valence-corrected chi connectivity index (χ0v) is 17.0. The van der Waals surface area contributed by atoms with E-state index in [1.165, 1.54) is 16.0 Å². The van der Waals surface area contributed by atoms with E-state index >= 15 is 0 Å². The Hall–Kier alpha value is -1.96. The summed E-state index contributed by atoms with van der Waals surface area (Å²) in [5.74, 6) is 0.796. The molecule has 0 radical (unpaired) electrons. The molecule has 1 aromatic heterocycles. The van der Waals surface area contributed by atoms with E-state index in [4.69, 9.17) is 4.74 Å². The largest absolute Gasteiger partial charge is 0.379 e. The predicted octanol–water partition coefficient (Wildman–Crippen LogP) is 2.40. The highest BCUT2D eigenvalue weighted by molar-refractivity contribution is 7.11. The summed E-state index contributed by atoms with van der Waals surface area (Å²) in [5.41, 5.74) is 2.66. The van der Waals surface area contributed by atoms with E-state index in [1.54, 1.807) is 18.4 Å². The average Bonchev–Trinajstić information content (AvgIpc) is 3.18. The molecular weight excluding hydrogens is 358 g/mol. The monoisotopic (exact) mass is 387 g/mol. The standard InChI is InChI=1S/C20H29N5OS/c1-3-18-13-22-19(27-18)14-24-20(21-2)23-12-16-6-4-5-7-17(16)15-25-8-10-26-11-9-25/h4-7,13H,3,8-12,14-15H2,1-2H3,(H2,21,23,24). The summed E-state index contributed by atoms with van der Waals surface area (Å²) in [6.07, 6.45) is 2.99. The molecule has 6 nitrogen and oxygen atoms in total. The number of thiazole rings is 1. The van der Waals surface area contributed by atoms with Crippen molar-refractivity contribution in [3.63, 3.8) is 0 Å². The van der Waals surface area contributed by atoms with Gasteiger partial charge in [-0.15, -0.1) is 11.3 Å². The summed E-state index contributed by atoms with van der Waals surface area (Å²) < 4.78 is 5.45. The summed E-state index contributed by atoms with van der Waals surface area (Å²) in [6.45, 7) is 8.21. The van der Waals surface area contributed by atoms with E-state index in [2.05, 4.69) is 56.7 Å². The maximum atomic E-state index is 5.45. The van der Waals surface area contributed by atoms with Gasteiger partial charge in [-0.2, -0.15) is 0 Å². The van der Waals surface area contributed by atoms with Crippen LogP contribution in [-0.4, -0.2) is 49.2 Å². The van der Waals surface area contributed by atoms with Gasteiger partial charge in [-0.25, -0.2) is 4.98 Å². The highest BCUT2D eigenvalue weighted by atomic mass is 32.1. The van der Waals surface area contributed by atoms with Crippen molar-refractivity contribution >= 4 is 17.3 Å². The van der Waals surface area contributed by atoms with Crippen molar-refractivity contribution in [2.75, 3.05) is 33.4 Å². The second-order valence-corrected chi connectivity index (χ2v) is 7.71. The molecule has 1 aliphatic heterocycles. The van der Waals surface area contributed by atoms with Gasteiger partial charge < -0.3 is 15.4 Å². The Morgan fingerprint density at radius 3 is 2.63 bits per heavy atom. The van der Waals surface area contributed by atoms with Crippen LogP contribution < -0.4 is 10.6 Å². The Morgan fingerprint density at radius 1 is 1.19 bits per heavy atom. The van der Waals surface area contributed by atoms with Crippen molar-refractivity contribution in [2.24, 2.45) is 4.99 Å². The zero-order valence-electron chi connectivity index (χ0n) is 16.2. The van der Waals surface area contributed by atoms with Gasteiger partial charge in [0.05, 0.1) is 19.8 Å². The van der Waals surface area contributed by atoms with Gasteiger partial charge in [0.2, 0.25) is 0 Å². The average molecular weight is 388 g/mol. The number of nitrogens with zero attached hydrogens (tertiary/aromatic N) is 3. The molecule has 0 unspecified atom stereocenters.